The smallest absolute Gasteiger partial charge is 0.0477 e. The Morgan fingerprint density at radius 2 is 1.69 bits per heavy atom. The second-order valence-corrected chi connectivity index (χ2v) is 3.69. The average Bonchev–Trinajstić information content (AvgIpc) is 2.32. The molecule has 16 heavy (non-hydrogen) atoms. The van der Waals surface area contributed by atoms with E-state index < -0.39 is 0 Å². The van der Waals surface area contributed by atoms with Gasteiger partial charge in [0.1, 0.15) is 0 Å². The summed E-state index contributed by atoms with van der Waals surface area (Å²) in [6, 6.07) is 10.5. The van der Waals surface area contributed by atoms with E-state index in [0.717, 1.165) is 13.1 Å². The zero-order valence-corrected chi connectivity index (χ0v) is 9.68. The maximum Gasteiger partial charge on any atom is 0.0477 e. The number of benzene rings is 1. The van der Waals surface area contributed by atoms with Gasteiger partial charge in [-0.15, -0.1) is 13.2 Å². The van der Waals surface area contributed by atoms with Crippen LogP contribution in [0, 0.1) is 0 Å². The van der Waals surface area contributed by atoms with Crippen molar-refractivity contribution in [1.29, 1.82) is 0 Å². The Balaban J connectivity index is 2.85. The predicted molar refractivity (Wildman–Crippen MR) is 70.2 cm³/mol. The molecule has 0 fully saturated rings. The molecule has 0 aliphatic rings. The van der Waals surface area contributed by atoms with Crippen molar-refractivity contribution < 1.29 is 0 Å². The molecule has 0 heterocycles. The fraction of sp³-hybridized carbons (Fsp3) is 0.286. The summed E-state index contributed by atoms with van der Waals surface area (Å²) in [4.78, 5) is 2.26. The van der Waals surface area contributed by atoms with Crippen LogP contribution in [0.5, 0.6) is 0 Å². The van der Waals surface area contributed by atoms with Crippen LogP contribution in [0.25, 0.3) is 0 Å². The van der Waals surface area contributed by atoms with E-state index in [4.69, 9.17) is 5.73 Å². The van der Waals surface area contributed by atoms with Gasteiger partial charge in [0.2, 0.25) is 0 Å². The van der Waals surface area contributed by atoms with Crippen LogP contribution in [0.4, 0.5) is 0 Å². The van der Waals surface area contributed by atoms with Crippen LogP contribution >= 0.6 is 0 Å². The van der Waals surface area contributed by atoms with E-state index in [0.29, 0.717) is 6.54 Å². The standard InChI is InChI=1S/C14H20N2/c1-3-10-16(11-4-2)14(12-15)13-8-6-5-7-9-13/h3-9,14H,1-2,10-12,15H2. The maximum atomic E-state index is 5.86. The number of rotatable bonds is 7. The molecule has 1 aromatic carbocycles. The van der Waals surface area contributed by atoms with Crippen LogP contribution in [-0.4, -0.2) is 24.5 Å². The first kappa shape index (κ1) is 12.7. The van der Waals surface area contributed by atoms with Crippen LogP contribution in [-0.2, 0) is 0 Å². The van der Waals surface area contributed by atoms with E-state index in [-0.39, 0.29) is 6.04 Å². The molecule has 0 spiro atoms. The number of hydrogen-bond acceptors (Lipinski definition) is 2. The molecule has 2 nitrogen and oxygen atoms in total. The zero-order chi connectivity index (χ0) is 11.8. The summed E-state index contributed by atoms with van der Waals surface area (Å²) >= 11 is 0. The van der Waals surface area contributed by atoms with Crippen LogP contribution < -0.4 is 5.73 Å². The number of nitrogens with zero attached hydrogens (tertiary/aromatic N) is 1. The predicted octanol–water partition coefficient (Wildman–Crippen LogP) is 2.36. The highest BCUT2D eigenvalue weighted by Gasteiger charge is 2.16. The summed E-state index contributed by atoms with van der Waals surface area (Å²) in [6.45, 7) is 9.80. The van der Waals surface area contributed by atoms with Crippen molar-refractivity contribution >= 4 is 0 Å². The second-order valence-electron chi connectivity index (χ2n) is 3.69. The highest BCUT2D eigenvalue weighted by atomic mass is 15.2. The fourth-order valence-corrected chi connectivity index (χ4v) is 1.83. The minimum absolute atomic E-state index is 0.234. The monoisotopic (exact) mass is 216 g/mol. The quantitative estimate of drug-likeness (QED) is 0.709. The molecule has 0 aliphatic carbocycles. The van der Waals surface area contributed by atoms with E-state index in [1.807, 2.05) is 30.4 Å². The average molecular weight is 216 g/mol. The van der Waals surface area contributed by atoms with Crippen molar-refractivity contribution in [2.24, 2.45) is 5.73 Å². The third-order valence-electron chi connectivity index (χ3n) is 2.58. The molecule has 1 aromatic rings. The minimum Gasteiger partial charge on any atom is -0.329 e. The lowest BCUT2D eigenvalue weighted by molar-refractivity contribution is 0.248. The van der Waals surface area contributed by atoms with Crippen molar-refractivity contribution in [3.8, 4) is 0 Å². The molecule has 2 heteroatoms. The van der Waals surface area contributed by atoms with Gasteiger partial charge >= 0.3 is 0 Å². The lowest BCUT2D eigenvalue weighted by Crippen LogP contribution is -2.34. The van der Waals surface area contributed by atoms with Gasteiger partial charge in [-0.25, -0.2) is 0 Å². The molecule has 2 N–H and O–H groups in total. The first-order valence-electron chi connectivity index (χ1n) is 5.54. The van der Waals surface area contributed by atoms with Crippen LogP contribution in [0.15, 0.2) is 55.6 Å². The normalized spacial score (nSPS) is 12.4. The van der Waals surface area contributed by atoms with E-state index in [2.05, 4.69) is 30.2 Å². The van der Waals surface area contributed by atoms with Crippen molar-refractivity contribution in [2.45, 2.75) is 6.04 Å². The van der Waals surface area contributed by atoms with Gasteiger partial charge in [0.25, 0.3) is 0 Å². The van der Waals surface area contributed by atoms with E-state index in [1.165, 1.54) is 5.56 Å². The SMILES string of the molecule is C=CCN(CC=C)C(CN)c1ccccc1. The van der Waals surface area contributed by atoms with Crippen molar-refractivity contribution in [2.75, 3.05) is 19.6 Å². The highest BCUT2D eigenvalue weighted by molar-refractivity contribution is 5.19. The Bertz CT molecular complexity index is 309. The van der Waals surface area contributed by atoms with Gasteiger partial charge < -0.3 is 5.73 Å². The first-order chi connectivity index (χ1) is 7.83. The lowest BCUT2D eigenvalue weighted by atomic mass is 10.1. The van der Waals surface area contributed by atoms with E-state index in [1.54, 1.807) is 0 Å². The molecular weight excluding hydrogens is 196 g/mol. The first-order valence-corrected chi connectivity index (χ1v) is 5.54. The molecule has 0 bridgehead atoms. The van der Waals surface area contributed by atoms with Gasteiger partial charge in [0.05, 0.1) is 0 Å². The Morgan fingerprint density at radius 3 is 2.12 bits per heavy atom. The van der Waals surface area contributed by atoms with Crippen molar-refractivity contribution in [3.63, 3.8) is 0 Å². The molecule has 1 atom stereocenters. The van der Waals surface area contributed by atoms with Crippen molar-refractivity contribution in [1.82, 2.24) is 4.90 Å². The number of hydrogen-bond donors (Lipinski definition) is 1. The molecule has 0 aromatic heterocycles. The summed E-state index contributed by atoms with van der Waals surface area (Å²) in [7, 11) is 0. The molecule has 0 amide bonds. The molecule has 86 valence electrons. The van der Waals surface area contributed by atoms with Gasteiger partial charge in [0, 0.05) is 25.7 Å². The molecular formula is C14H20N2. The van der Waals surface area contributed by atoms with Crippen LogP contribution in [0.3, 0.4) is 0 Å². The molecule has 0 saturated carbocycles. The number of nitrogens with two attached hydrogens (primary N) is 1. The molecule has 0 aliphatic heterocycles. The third-order valence-corrected chi connectivity index (χ3v) is 2.58. The van der Waals surface area contributed by atoms with E-state index in [9.17, 15) is 0 Å². The topological polar surface area (TPSA) is 29.3 Å². The Morgan fingerprint density at radius 1 is 1.12 bits per heavy atom. The summed E-state index contributed by atoms with van der Waals surface area (Å²) in [5.74, 6) is 0. The molecule has 1 rings (SSSR count). The second kappa shape index (κ2) is 6.99. The Kier molecular flexibility index (Phi) is 5.54. The zero-order valence-electron chi connectivity index (χ0n) is 9.68. The van der Waals surface area contributed by atoms with Crippen LogP contribution in [0.2, 0.25) is 0 Å². The lowest BCUT2D eigenvalue weighted by Gasteiger charge is -2.29. The molecule has 1 unspecified atom stereocenters. The summed E-state index contributed by atoms with van der Waals surface area (Å²) < 4.78 is 0. The summed E-state index contributed by atoms with van der Waals surface area (Å²) in [6.07, 6.45) is 3.80. The molecule has 0 radical (unpaired) electrons. The summed E-state index contributed by atoms with van der Waals surface area (Å²) in [5, 5.41) is 0. The van der Waals surface area contributed by atoms with Gasteiger partial charge in [-0.3, -0.25) is 4.90 Å². The van der Waals surface area contributed by atoms with Crippen molar-refractivity contribution in [3.05, 3.63) is 61.2 Å². The minimum atomic E-state index is 0.234. The Hall–Kier alpha value is -1.38. The van der Waals surface area contributed by atoms with Gasteiger partial charge in [-0.1, -0.05) is 42.5 Å². The Labute approximate surface area is 98.1 Å². The highest BCUT2D eigenvalue weighted by Crippen LogP contribution is 2.18. The van der Waals surface area contributed by atoms with Gasteiger partial charge in [-0.05, 0) is 5.56 Å². The van der Waals surface area contributed by atoms with Gasteiger partial charge in [0.15, 0.2) is 0 Å². The van der Waals surface area contributed by atoms with E-state index >= 15 is 0 Å². The third kappa shape index (κ3) is 3.33. The largest absolute Gasteiger partial charge is 0.329 e. The maximum absolute atomic E-state index is 5.86. The molecule has 0 saturated heterocycles. The van der Waals surface area contributed by atoms with Gasteiger partial charge in [-0.2, -0.15) is 0 Å². The van der Waals surface area contributed by atoms with Crippen LogP contribution in [0.1, 0.15) is 11.6 Å². The summed E-state index contributed by atoms with van der Waals surface area (Å²) in [5.41, 5.74) is 7.10. The fourth-order valence-electron chi connectivity index (χ4n) is 1.83.